The van der Waals surface area contributed by atoms with Crippen molar-refractivity contribution in [3.8, 4) is 11.5 Å². The van der Waals surface area contributed by atoms with Gasteiger partial charge in [0, 0.05) is 30.8 Å². The number of amides is 3. The van der Waals surface area contributed by atoms with E-state index in [1.165, 1.54) is 0 Å². The minimum Gasteiger partial charge on any atom is -0.497 e. The largest absolute Gasteiger partial charge is 0.497 e. The van der Waals surface area contributed by atoms with Crippen LogP contribution >= 0.6 is 0 Å². The molecule has 1 fully saturated rings. The van der Waals surface area contributed by atoms with Crippen LogP contribution in [-0.2, 0) is 4.79 Å². The van der Waals surface area contributed by atoms with E-state index in [4.69, 9.17) is 9.47 Å². The molecule has 2 heterocycles. The number of anilines is 2. The van der Waals surface area contributed by atoms with Crippen LogP contribution < -0.4 is 19.7 Å². The van der Waals surface area contributed by atoms with Gasteiger partial charge in [-0.2, -0.15) is 0 Å². The minimum atomic E-state index is -0.109. The number of nitrogens with one attached hydrogen (secondary N) is 1. The van der Waals surface area contributed by atoms with E-state index in [-0.39, 0.29) is 17.9 Å². The number of fused-ring (bicyclic) bond motifs is 1. The predicted octanol–water partition coefficient (Wildman–Crippen LogP) is 3.36. The summed E-state index contributed by atoms with van der Waals surface area (Å²) in [5, 5.41) is 2.96. The number of nitrogens with zero attached hydrogens (tertiary/aromatic N) is 2. The van der Waals surface area contributed by atoms with E-state index in [0.29, 0.717) is 44.8 Å². The summed E-state index contributed by atoms with van der Waals surface area (Å²) in [5.41, 5.74) is 1.53. The second-order valence-electron chi connectivity index (χ2n) is 7.23. The number of carbonyl (C=O) groups is 2. The zero-order valence-electron chi connectivity index (χ0n) is 16.5. The number of para-hydroxylation sites is 2. The summed E-state index contributed by atoms with van der Waals surface area (Å²) >= 11 is 0. The molecule has 0 aromatic heterocycles. The Morgan fingerprint density at radius 1 is 1.07 bits per heavy atom. The van der Waals surface area contributed by atoms with E-state index >= 15 is 0 Å². The van der Waals surface area contributed by atoms with Gasteiger partial charge >= 0.3 is 6.03 Å². The van der Waals surface area contributed by atoms with E-state index in [9.17, 15) is 9.59 Å². The Balaban J connectivity index is 1.34. The van der Waals surface area contributed by atoms with Crippen LogP contribution in [0.15, 0.2) is 48.5 Å². The third-order valence-corrected chi connectivity index (χ3v) is 5.43. The molecule has 0 atom stereocenters. The van der Waals surface area contributed by atoms with E-state index < -0.39 is 0 Å². The van der Waals surface area contributed by atoms with Crippen LogP contribution in [-0.4, -0.2) is 50.2 Å². The van der Waals surface area contributed by atoms with Crippen molar-refractivity contribution in [2.45, 2.75) is 12.8 Å². The van der Waals surface area contributed by atoms with Crippen molar-refractivity contribution in [3.63, 3.8) is 0 Å². The van der Waals surface area contributed by atoms with Gasteiger partial charge in [0.05, 0.1) is 19.3 Å². The van der Waals surface area contributed by atoms with Crippen molar-refractivity contribution in [1.29, 1.82) is 0 Å². The zero-order valence-corrected chi connectivity index (χ0v) is 16.5. The van der Waals surface area contributed by atoms with Crippen molar-refractivity contribution in [1.82, 2.24) is 4.90 Å². The monoisotopic (exact) mass is 395 g/mol. The van der Waals surface area contributed by atoms with Gasteiger partial charge < -0.3 is 19.7 Å². The first-order valence-corrected chi connectivity index (χ1v) is 9.89. The lowest BCUT2D eigenvalue weighted by Gasteiger charge is -2.37. The molecule has 0 aliphatic carbocycles. The predicted molar refractivity (Wildman–Crippen MR) is 111 cm³/mol. The highest BCUT2D eigenvalue weighted by Gasteiger charge is 2.32. The van der Waals surface area contributed by atoms with Crippen molar-refractivity contribution in [2.24, 2.45) is 5.92 Å². The topological polar surface area (TPSA) is 71.1 Å². The molecule has 29 heavy (non-hydrogen) atoms. The Hall–Kier alpha value is -3.22. The van der Waals surface area contributed by atoms with Crippen molar-refractivity contribution >= 4 is 23.3 Å². The first-order valence-electron chi connectivity index (χ1n) is 9.89. The molecule has 2 aromatic carbocycles. The second-order valence-corrected chi connectivity index (χ2v) is 7.23. The summed E-state index contributed by atoms with van der Waals surface area (Å²) in [6.07, 6.45) is 1.29. The van der Waals surface area contributed by atoms with Gasteiger partial charge in [0.15, 0.2) is 0 Å². The number of ether oxygens (including phenoxy) is 2. The maximum absolute atomic E-state index is 13.0. The molecule has 1 saturated heterocycles. The number of rotatable bonds is 3. The highest BCUT2D eigenvalue weighted by molar-refractivity contribution is 5.95. The third kappa shape index (κ3) is 4.13. The van der Waals surface area contributed by atoms with Gasteiger partial charge in [0.2, 0.25) is 5.91 Å². The number of piperidine rings is 1. The highest BCUT2D eigenvalue weighted by atomic mass is 16.5. The van der Waals surface area contributed by atoms with Gasteiger partial charge in [-0.05, 0) is 37.1 Å². The second kappa shape index (κ2) is 8.43. The maximum Gasteiger partial charge on any atom is 0.324 e. The zero-order chi connectivity index (χ0) is 20.2. The SMILES string of the molecule is COc1cccc(NC(=O)C2CCN(C(=O)N3CCOc4ccccc43)CC2)c1. The number of urea groups is 1. The minimum absolute atomic E-state index is 0.0120. The lowest BCUT2D eigenvalue weighted by atomic mass is 9.96. The number of likely N-dealkylation sites (tertiary alicyclic amines) is 1. The first-order chi connectivity index (χ1) is 14.2. The van der Waals surface area contributed by atoms with Crippen LogP contribution in [0.25, 0.3) is 0 Å². The molecule has 3 amide bonds. The molecule has 0 unspecified atom stereocenters. The first kappa shape index (κ1) is 19.1. The fourth-order valence-electron chi connectivity index (χ4n) is 3.82. The van der Waals surface area contributed by atoms with Crippen LogP contribution in [0.5, 0.6) is 11.5 Å². The summed E-state index contributed by atoms with van der Waals surface area (Å²) in [6, 6.07) is 14.9. The molecule has 7 heteroatoms. The van der Waals surface area contributed by atoms with Crippen LogP contribution in [0.3, 0.4) is 0 Å². The Labute approximate surface area is 170 Å². The quantitative estimate of drug-likeness (QED) is 0.865. The van der Waals surface area contributed by atoms with Gasteiger partial charge in [0.25, 0.3) is 0 Å². The average molecular weight is 395 g/mol. The molecule has 2 aliphatic heterocycles. The Bertz CT molecular complexity index is 893. The smallest absolute Gasteiger partial charge is 0.324 e. The average Bonchev–Trinajstić information content (AvgIpc) is 2.78. The van der Waals surface area contributed by atoms with E-state index in [1.54, 1.807) is 18.1 Å². The molecule has 7 nitrogen and oxygen atoms in total. The molecule has 0 saturated carbocycles. The maximum atomic E-state index is 13.0. The standard InChI is InChI=1S/C22H25N3O4/c1-28-18-6-4-5-17(15-18)23-21(26)16-9-11-24(12-10-16)22(27)25-13-14-29-20-8-3-2-7-19(20)25/h2-8,15-16H,9-14H2,1H3,(H,23,26). The molecule has 2 aliphatic rings. The summed E-state index contributed by atoms with van der Waals surface area (Å²) < 4.78 is 10.8. The molecule has 0 spiro atoms. The molecule has 1 N–H and O–H groups in total. The van der Waals surface area contributed by atoms with Crippen molar-refractivity contribution < 1.29 is 19.1 Å². The van der Waals surface area contributed by atoms with Crippen LogP contribution in [0.1, 0.15) is 12.8 Å². The van der Waals surface area contributed by atoms with E-state index in [2.05, 4.69) is 5.32 Å². The third-order valence-electron chi connectivity index (χ3n) is 5.43. The van der Waals surface area contributed by atoms with Crippen molar-refractivity contribution in [3.05, 3.63) is 48.5 Å². The van der Waals surface area contributed by atoms with Crippen LogP contribution in [0, 0.1) is 5.92 Å². The number of methoxy groups -OCH3 is 1. The number of carbonyl (C=O) groups excluding carboxylic acids is 2. The Morgan fingerprint density at radius 2 is 1.86 bits per heavy atom. The molecule has 152 valence electrons. The lowest BCUT2D eigenvalue weighted by Crippen LogP contribution is -2.50. The fourth-order valence-corrected chi connectivity index (χ4v) is 3.82. The summed E-state index contributed by atoms with van der Waals surface area (Å²) in [6.45, 7) is 2.15. The lowest BCUT2D eigenvalue weighted by molar-refractivity contribution is -0.121. The summed E-state index contributed by atoms with van der Waals surface area (Å²) in [5.74, 6) is 1.32. The molecule has 0 bridgehead atoms. The van der Waals surface area contributed by atoms with Crippen molar-refractivity contribution in [2.75, 3.05) is 43.6 Å². The van der Waals surface area contributed by atoms with Crippen LogP contribution in [0.2, 0.25) is 0 Å². The fraction of sp³-hybridized carbons (Fsp3) is 0.364. The molecular formula is C22H25N3O4. The molecule has 4 rings (SSSR count). The normalized spacial score (nSPS) is 16.6. The van der Waals surface area contributed by atoms with Gasteiger partial charge in [-0.1, -0.05) is 18.2 Å². The Kier molecular flexibility index (Phi) is 5.55. The van der Waals surface area contributed by atoms with Gasteiger partial charge in [-0.3, -0.25) is 9.69 Å². The van der Waals surface area contributed by atoms with Gasteiger partial charge in [-0.15, -0.1) is 0 Å². The molecule has 0 radical (unpaired) electrons. The van der Waals surface area contributed by atoms with E-state index in [0.717, 1.165) is 17.1 Å². The van der Waals surface area contributed by atoms with Crippen LogP contribution in [0.4, 0.5) is 16.2 Å². The number of benzene rings is 2. The number of hydrogen-bond donors (Lipinski definition) is 1. The number of hydrogen-bond acceptors (Lipinski definition) is 4. The summed E-state index contributed by atoms with van der Waals surface area (Å²) in [4.78, 5) is 29.3. The highest BCUT2D eigenvalue weighted by Crippen LogP contribution is 2.32. The summed E-state index contributed by atoms with van der Waals surface area (Å²) in [7, 11) is 1.60. The molecule has 2 aromatic rings. The Morgan fingerprint density at radius 3 is 2.66 bits per heavy atom. The van der Waals surface area contributed by atoms with E-state index in [1.807, 2.05) is 47.4 Å². The van der Waals surface area contributed by atoms with Gasteiger partial charge in [0.1, 0.15) is 18.1 Å². The molecular weight excluding hydrogens is 370 g/mol. The van der Waals surface area contributed by atoms with Gasteiger partial charge in [-0.25, -0.2) is 4.79 Å².